The minimum atomic E-state index is 0.0259. The van der Waals surface area contributed by atoms with E-state index in [9.17, 15) is 0 Å². The van der Waals surface area contributed by atoms with Gasteiger partial charge in [0.25, 0.3) is 0 Å². The number of anilines is 2. The normalized spacial score (nSPS) is 17.2. The number of allylic oxidation sites excluding steroid dienone is 8. The Bertz CT molecular complexity index is 2300. The van der Waals surface area contributed by atoms with Crippen molar-refractivity contribution in [3.05, 3.63) is 204 Å². The molecule has 0 N–H and O–H groups in total. The summed E-state index contributed by atoms with van der Waals surface area (Å²) in [6.45, 7) is 4.85. The van der Waals surface area contributed by atoms with E-state index in [1.165, 1.54) is 67.2 Å². The Morgan fingerprint density at radius 2 is 1.04 bits per heavy atom. The van der Waals surface area contributed by atoms with E-state index in [4.69, 9.17) is 0 Å². The molecule has 0 saturated carbocycles. The molecule has 9 rings (SSSR count). The molecule has 0 bridgehead atoms. The third kappa shape index (κ3) is 5.67. The largest absolute Gasteiger partial charge is 0.314 e. The third-order valence-electron chi connectivity index (χ3n) is 11.5. The average molecular weight is 670 g/mol. The lowest BCUT2D eigenvalue weighted by molar-refractivity contribution is 0.528. The molecule has 6 aromatic rings. The van der Waals surface area contributed by atoms with E-state index in [-0.39, 0.29) is 5.41 Å². The average Bonchev–Trinajstić information content (AvgIpc) is 3.44. The van der Waals surface area contributed by atoms with Crippen LogP contribution < -0.4 is 4.90 Å². The zero-order valence-corrected chi connectivity index (χ0v) is 30.0. The van der Waals surface area contributed by atoms with Crippen LogP contribution in [0.2, 0.25) is 0 Å². The van der Waals surface area contributed by atoms with Crippen molar-refractivity contribution in [1.29, 1.82) is 0 Å². The minimum Gasteiger partial charge on any atom is -0.314 e. The Hall–Kier alpha value is -5.92. The number of hydrogen-bond donors (Lipinski definition) is 0. The highest BCUT2D eigenvalue weighted by Gasteiger charge is 2.44. The smallest absolute Gasteiger partial charge is 0.0458 e. The van der Waals surface area contributed by atoms with Gasteiger partial charge in [0.2, 0.25) is 0 Å². The van der Waals surface area contributed by atoms with Crippen LogP contribution in [0, 0.1) is 11.3 Å². The van der Waals surface area contributed by atoms with Gasteiger partial charge in [-0.1, -0.05) is 177 Å². The van der Waals surface area contributed by atoms with Gasteiger partial charge in [-0.2, -0.15) is 0 Å². The second-order valence-corrected chi connectivity index (χ2v) is 14.8. The molecule has 0 amide bonds. The lowest BCUT2D eigenvalue weighted by atomic mass is 9.77. The molecule has 1 unspecified atom stereocenters. The lowest BCUT2D eigenvalue weighted by Gasteiger charge is -2.33. The summed E-state index contributed by atoms with van der Waals surface area (Å²) in [5.74, 6) is 0.550. The second kappa shape index (κ2) is 13.3. The van der Waals surface area contributed by atoms with Gasteiger partial charge in [-0.05, 0) is 99.7 Å². The first kappa shape index (κ1) is 32.0. The topological polar surface area (TPSA) is 3.24 Å². The van der Waals surface area contributed by atoms with Crippen LogP contribution in [0.15, 0.2) is 204 Å². The first-order chi connectivity index (χ1) is 25.6. The second-order valence-electron chi connectivity index (χ2n) is 14.8. The Kier molecular flexibility index (Phi) is 8.20. The predicted molar refractivity (Wildman–Crippen MR) is 220 cm³/mol. The number of hydrogen-bond acceptors (Lipinski definition) is 1. The fourth-order valence-electron chi connectivity index (χ4n) is 8.88. The number of benzene rings is 6. The number of fused-ring (bicyclic) bond motifs is 2. The molecular formula is C51H43N. The van der Waals surface area contributed by atoms with E-state index >= 15 is 0 Å². The van der Waals surface area contributed by atoms with Gasteiger partial charge < -0.3 is 4.90 Å². The van der Waals surface area contributed by atoms with Gasteiger partial charge >= 0.3 is 0 Å². The highest BCUT2D eigenvalue weighted by Crippen LogP contribution is 2.57. The molecule has 252 valence electrons. The highest BCUT2D eigenvalue weighted by molar-refractivity contribution is 5.95. The molecule has 0 heterocycles. The van der Waals surface area contributed by atoms with Crippen molar-refractivity contribution < 1.29 is 0 Å². The molecule has 0 radical (unpaired) electrons. The van der Waals surface area contributed by atoms with Gasteiger partial charge in [-0.25, -0.2) is 0 Å². The summed E-state index contributed by atoms with van der Waals surface area (Å²) in [5.41, 5.74) is 18.3. The monoisotopic (exact) mass is 669 g/mol. The highest BCUT2D eigenvalue weighted by atomic mass is 15.1. The maximum Gasteiger partial charge on any atom is 0.0458 e. The van der Waals surface area contributed by atoms with Crippen molar-refractivity contribution in [1.82, 2.24) is 0 Å². The summed E-state index contributed by atoms with van der Waals surface area (Å²) < 4.78 is 0. The molecule has 52 heavy (non-hydrogen) atoms. The van der Waals surface area contributed by atoms with E-state index in [1.54, 1.807) is 11.1 Å². The summed E-state index contributed by atoms with van der Waals surface area (Å²) in [4.78, 5) is 2.51. The first-order valence-electron chi connectivity index (χ1n) is 18.7. The molecule has 0 saturated heterocycles. The van der Waals surface area contributed by atoms with E-state index in [1.807, 2.05) is 0 Å². The maximum atomic E-state index is 2.54. The Labute approximate surface area is 308 Å². The van der Waals surface area contributed by atoms with Crippen molar-refractivity contribution >= 4 is 11.4 Å². The van der Waals surface area contributed by atoms with Crippen LogP contribution in [0.1, 0.15) is 33.1 Å². The molecule has 3 aliphatic carbocycles. The summed E-state index contributed by atoms with van der Waals surface area (Å²) >= 11 is 0. The van der Waals surface area contributed by atoms with Gasteiger partial charge in [-0.3, -0.25) is 0 Å². The molecule has 6 aromatic carbocycles. The number of rotatable bonds is 7. The molecule has 0 spiro atoms. The summed E-state index contributed by atoms with van der Waals surface area (Å²) in [5, 5.41) is 0. The molecule has 0 fully saturated rings. The fourth-order valence-corrected chi connectivity index (χ4v) is 8.88. The fraction of sp³-hybridized carbons (Fsp3) is 0.137. The van der Waals surface area contributed by atoms with E-state index in [2.05, 4.69) is 201 Å². The van der Waals surface area contributed by atoms with Crippen LogP contribution in [0.25, 0.3) is 44.5 Å². The zero-order valence-electron chi connectivity index (χ0n) is 30.0. The van der Waals surface area contributed by atoms with Crippen molar-refractivity contribution in [2.24, 2.45) is 11.3 Å². The SMILES string of the molecule is CC1(C)C2=CC=CCC2C2=C1C=C(N(c1ccc(-c3ccccc3)cc1)c1ccc(-c3c(-c4ccccc4)cccc3-c3ccccc3)cc1)CC2. The minimum absolute atomic E-state index is 0.0259. The maximum absolute atomic E-state index is 2.54. The van der Waals surface area contributed by atoms with E-state index < -0.39 is 0 Å². The van der Waals surface area contributed by atoms with E-state index in [0.29, 0.717) is 5.92 Å². The lowest BCUT2D eigenvalue weighted by Crippen LogP contribution is -2.21. The van der Waals surface area contributed by atoms with Gasteiger partial charge in [0, 0.05) is 28.4 Å². The van der Waals surface area contributed by atoms with Crippen LogP contribution in [0.3, 0.4) is 0 Å². The molecule has 3 aliphatic rings. The Morgan fingerprint density at radius 3 is 1.62 bits per heavy atom. The molecule has 1 nitrogen and oxygen atoms in total. The molecule has 1 heteroatoms. The molecule has 0 aliphatic heterocycles. The zero-order chi connectivity index (χ0) is 35.1. The van der Waals surface area contributed by atoms with Crippen LogP contribution in [-0.4, -0.2) is 0 Å². The van der Waals surface area contributed by atoms with Crippen LogP contribution >= 0.6 is 0 Å². The predicted octanol–water partition coefficient (Wildman–Crippen LogP) is 14.0. The van der Waals surface area contributed by atoms with Gasteiger partial charge in [0.05, 0.1) is 0 Å². The van der Waals surface area contributed by atoms with Crippen molar-refractivity contribution in [2.75, 3.05) is 4.90 Å². The quantitative estimate of drug-likeness (QED) is 0.164. The van der Waals surface area contributed by atoms with Crippen LogP contribution in [0.5, 0.6) is 0 Å². The first-order valence-corrected chi connectivity index (χ1v) is 18.7. The van der Waals surface area contributed by atoms with E-state index in [0.717, 1.165) is 19.3 Å². The van der Waals surface area contributed by atoms with Gasteiger partial charge in [0.1, 0.15) is 0 Å². The van der Waals surface area contributed by atoms with Crippen LogP contribution in [0.4, 0.5) is 11.4 Å². The molecular weight excluding hydrogens is 627 g/mol. The molecule has 0 aromatic heterocycles. The van der Waals surface area contributed by atoms with Crippen molar-refractivity contribution in [3.8, 4) is 44.5 Å². The summed E-state index contributed by atoms with van der Waals surface area (Å²) in [6.07, 6.45) is 12.8. The standard InChI is InChI=1S/C51H43N/c1-51(2)48-24-13-12-21-46(48)47-34-33-43(35-49(47)51)52(41-29-25-37(26-30-41)36-15-6-3-7-16-36)42-31-27-40(28-32-42)50-44(38-17-8-4-9-18-38)22-14-23-45(50)39-19-10-5-11-20-39/h3-20,22-32,35,46H,21,33-34H2,1-2H3. The summed E-state index contributed by atoms with van der Waals surface area (Å²) in [6, 6.07) is 57.4. The van der Waals surface area contributed by atoms with Crippen molar-refractivity contribution in [3.63, 3.8) is 0 Å². The van der Waals surface area contributed by atoms with Gasteiger partial charge in [-0.15, -0.1) is 0 Å². The Balaban J connectivity index is 1.16. The van der Waals surface area contributed by atoms with Crippen LogP contribution in [-0.2, 0) is 0 Å². The van der Waals surface area contributed by atoms with Gasteiger partial charge in [0.15, 0.2) is 0 Å². The molecule has 1 atom stereocenters. The third-order valence-corrected chi connectivity index (χ3v) is 11.5. The summed E-state index contributed by atoms with van der Waals surface area (Å²) in [7, 11) is 0. The van der Waals surface area contributed by atoms with Crippen molar-refractivity contribution in [2.45, 2.75) is 33.1 Å². The Morgan fingerprint density at radius 1 is 0.519 bits per heavy atom. The number of nitrogens with zero attached hydrogens (tertiary/aromatic N) is 1.